The molecule has 0 aromatic carbocycles. The number of hydrogen-bond acceptors (Lipinski definition) is 11. The number of ether oxygens (including phenoxy) is 3. The van der Waals surface area contributed by atoms with Crippen LogP contribution in [0.15, 0.2) is 18.6 Å². The van der Waals surface area contributed by atoms with Crippen molar-refractivity contribution in [2.24, 2.45) is 11.1 Å². The second-order valence-corrected chi connectivity index (χ2v) is 15.1. The second-order valence-electron chi connectivity index (χ2n) is 12.7. The molecule has 0 spiro atoms. The van der Waals surface area contributed by atoms with Gasteiger partial charge in [-0.3, -0.25) is 14.5 Å². The van der Waals surface area contributed by atoms with Crippen molar-refractivity contribution >= 4 is 43.5 Å². The minimum atomic E-state index is -1.69. The Morgan fingerprint density at radius 1 is 1.31 bits per heavy atom. The number of rotatable bonds is 8. The first-order valence-corrected chi connectivity index (χ1v) is 17.2. The van der Waals surface area contributed by atoms with Gasteiger partial charge in [-0.15, -0.1) is 0 Å². The van der Waals surface area contributed by atoms with Gasteiger partial charge in [0.05, 0.1) is 31.1 Å². The van der Waals surface area contributed by atoms with Crippen molar-refractivity contribution in [1.82, 2.24) is 19.4 Å². The van der Waals surface area contributed by atoms with Crippen LogP contribution in [0.1, 0.15) is 45.9 Å². The molecule has 0 bridgehead atoms. The number of carbonyl (C=O) groups is 2. The monoisotopic (exact) mass is 602 g/mol. The molecule has 14 heteroatoms. The molecule has 0 radical (unpaired) electrons. The summed E-state index contributed by atoms with van der Waals surface area (Å²) in [6.45, 7) is 15.2. The number of nitrogens with zero attached hydrogens (tertiary/aromatic N) is 4. The van der Waals surface area contributed by atoms with Crippen molar-refractivity contribution < 1.29 is 33.3 Å². The van der Waals surface area contributed by atoms with Crippen LogP contribution in [-0.4, -0.2) is 102 Å². The molecule has 42 heavy (non-hydrogen) atoms. The molecule has 0 aliphatic carbocycles. The first-order valence-electron chi connectivity index (χ1n) is 14.4. The van der Waals surface area contributed by atoms with Crippen LogP contribution in [0, 0.1) is 5.41 Å². The summed E-state index contributed by atoms with van der Waals surface area (Å²) < 4.78 is 26.4. The van der Waals surface area contributed by atoms with Crippen molar-refractivity contribution in [3.05, 3.63) is 24.2 Å². The van der Waals surface area contributed by atoms with Crippen molar-refractivity contribution in [3.63, 3.8) is 0 Å². The standard InChI is InChI=1S/C28H42N6O7Si/c1-27(2,3)22(41-42(5)6)21-23(39-19(36)7-8-33-9-11-38-12-10-33)28(4,37)26(40-21)34-14-16-17(29)13-18(35)32-24-20(16)25(34)31-15-30-24/h13-15,21-23,26,37,42H,7-12,29H2,1-6H3,(H,30,31,32,35). The number of esters is 1. The van der Waals surface area contributed by atoms with Gasteiger partial charge in [0.2, 0.25) is 0 Å². The lowest BCUT2D eigenvalue weighted by molar-refractivity contribution is -0.168. The molecule has 1 amide bonds. The zero-order chi connectivity index (χ0) is 30.4. The summed E-state index contributed by atoms with van der Waals surface area (Å²) >= 11 is 0. The van der Waals surface area contributed by atoms with Gasteiger partial charge in [-0.05, 0) is 25.4 Å². The van der Waals surface area contributed by atoms with Crippen molar-refractivity contribution in [2.45, 2.75) is 77.4 Å². The third kappa shape index (κ3) is 5.96. The van der Waals surface area contributed by atoms with Crippen molar-refractivity contribution in [1.29, 1.82) is 0 Å². The topological polar surface area (TPSA) is 163 Å². The zero-order valence-electron chi connectivity index (χ0n) is 25.1. The normalized spacial score (nSPS) is 27.6. The van der Waals surface area contributed by atoms with Crippen molar-refractivity contribution in [2.75, 3.05) is 38.2 Å². The Kier molecular flexibility index (Phi) is 8.48. The fourth-order valence-corrected chi connectivity index (χ4v) is 7.04. The molecule has 230 valence electrons. The molecule has 2 aromatic heterocycles. The third-order valence-corrected chi connectivity index (χ3v) is 8.76. The highest BCUT2D eigenvalue weighted by molar-refractivity contribution is 6.48. The summed E-state index contributed by atoms with van der Waals surface area (Å²) in [7, 11) is -1.59. The van der Waals surface area contributed by atoms with Crippen LogP contribution in [0.2, 0.25) is 13.1 Å². The maximum Gasteiger partial charge on any atom is 0.307 e. The number of nitrogens with one attached hydrogen (secondary N) is 1. The third-order valence-electron chi connectivity index (χ3n) is 7.93. The van der Waals surface area contributed by atoms with Crippen LogP contribution in [0.4, 0.5) is 5.82 Å². The molecular formula is C28H42N6O7Si. The quantitative estimate of drug-likeness (QED) is 0.295. The summed E-state index contributed by atoms with van der Waals surface area (Å²) in [5, 5.41) is 15.4. The highest BCUT2D eigenvalue weighted by Gasteiger charge is 2.60. The first kappa shape index (κ1) is 30.6. The predicted octanol–water partition coefficient (Wildman–Crippen LogP) is 1.38. The summed E-state index contributed by atoms with van der Waals surface area (Å²) in [5.41, 5.74) is 5.35. The lowest BCUT2D eigenvalue weighted by atomic mass is 9.82. The van der Waals surface area contributed by atoms with Gasteiger partial charge < -0.3 is 39.4 Å². The van der Waals surface area contributed by atoms with Crippen LogP contribution in [0.5, 0.6) is 0 Å². The Morgan fingerprint density at radius 3 is 2.69 bits per heavy atom. The van der Waals surface area contributed by atoms with E-state index < -0.39 is 56.5 Å². The lowest BCUT2D eigenvalue weighted by Gasteiger charge is -2.39. The maximum atomic E-state index is 13.3. The lowest BCUT2D eigenvalue weighted by Crippen LogP contribution is -2.53. The van der Waals surface area contributed by atoms with Crippen LogP contribution < -0.4 is 11.1 Å². The van der Waals surface area contributed by atoms with Gasteiger partial charge in [0.15, 0.2) is 21.4 Å². The Labute approximate surface area is 247 Å². The smallest absolute Gasteiger partial charge is 0.307 e. The number of aromatic nitrogens is 3. The SMILES string of the molecule is C[SiH](C)OC(C1OC(n2cc3c4c(ncnc42)NC(=O)C=C3N)C(C)(O)C1OC(=O)CCN1CCOCC1)C(C)(C)C. The summed E-state index contributed by atoms with van der Waals surface area (Å²) in [6.07, 6.45) is 1.14. The maximum absolute atomic E-state index is 13.3. The molecule has 2 saturated heterocycles. The van der Waals surface area contributed by atoms with E-state index in [0.717, 1.165) is 13.1 Å². The minimum absolute atomic E-state index is 0.165. The Morgan fingerprint density at radius 2 is 2.02 bits per heavy atom. The van der Waals surface area contributed by atoms with Gasteiger partial charge >= 0.3 is 5.97 Å². The Bertz CT molecular complexity index is 1360. The van der Waals surface area contributed by atoms with Gasteiger partial charge in [0, 0.05) is 43.2 Å². The fraction of sp³-hybridized carbons (Fsp3) is 0.643. The molecular weight excluding hydrogens is 560 g/mol. The molecule has 13 nitrogen and oxygen atoms in total. The van der Waals surface area contributed by atoms with E-state index in [0.29, 0.717) is 42.2 Å². The van der Waals surface area contributed by atoms with E-state index in [-0.39, 0.29) is 12.1 Å². The molecule has 5 unspecified atom stereocenters. The van der Waals surface area contributed by atoms with E-state index in [1.165, 1.54) is 12.4 Å². The molecule has 0 saturated carbocycles. The van der Waals surface area contributed by atoms with Gasteiger partial charge in [-0.2, -0.15) is 0 Å². The summed E-state index contributed by atoms with van der Waals surface area (Å²) in [4.78, 5) is 36.4. The van der Waals surface area contributed by atoms with Crippen molar-refractivity contribution in [3.8, 4) is 0 Å². The van der Waals surface area contributed by atoms with Gasteiger partial charge in [0.1, 0.15) is 29.5 Å². The van der Waals surface area contributed by atoms with Crippen LogP contribution in [-0.2, 0) is 28.2 Å². The van der Waals surface area contributed by atoms with Gasteiger partial charge in [-0.25, -0.2) is 9.97 Å². The number of morpholine rings is 1. The molecule has 5 atom stereocenters. The molecule has 2 aromatic rings. The summed E-state index contributed by atoms with van der Waals surface area (Å²) in [6, 6.07) is 0. The van der Waals surface area contributed by atoms with E-state index in [9.17, 15) is 14.7 Å². The number of hydrogen-bond donors (Lipinski definition) is 3. The van der Waals surface area contributed by atoms with E-state index in [4.69, 9.17) is 24.4 Å². The highest BCUT2D eigenvalue weighted by atomic mass is 28.3. The Hall–Kier alpha value is -2.88. The number of aliphatic hydroxyl groups is 1. The average Bonchev–Trinajstić information content (AvgIpc) is 3.37. The van der Waals surface area contributed by atoms with Crippen LogP contribution in [0.25, 0.3) is 16.7 Å². The van der Waals surface area contributed by atoms with Gasteiger partial charge in [-0.1, -0.05) is 20.8 Å². The van der Waals surface area contributed by atoms with E-state index >= 15 is 0 Å². The summed E-state index contributed by atoms with van der Waals surface area (Å²) in [5.74, 6) is -0.522. The second kappa shape index (κ2) is 11.7. The first-order chi connectivity index (χ1) is 19.8. The van der Waals surface area contributed by atoms with E-state index in [1.54, 1.807) is 17.7 Å². The predicted molar refractivity (Wildman–Crippen MR) is 158 cm³/mol. The minimum Gasteiger partial charge on any atom is -0.456 e. The van der Waals surface area contributed by atoms with E-state index in [1.807, 2.05) is 20.8 Å². The molecule has 2 fully saturated rings. The van der Waals surface area contributed by atoms with Gasteiger partial charge in [0.25, 0.3) is 5.91 Å². The number of carbonyl (C=O) groups excluding carboxylic acids is 2. The number of amides is 1. The molecule has 3 aliphatic heterocycles. The van der Waals surface area contributed by atoms with E-state index in [2.05, 4.69) is 33.3 Å². The molecule has 5 heterocycles. The fourth-order valence-electron chi connectivity index (χ4n) is 5.89. The zero-order valence-corrected chi connectivity index (χ0v) is 26.3. The number of nitrogens with two attached hydrogens (primary N) is 1. The highest BCUT2D eigenvalue weighted by Crippen LogP contribution is 2.47. The molecule has 5 rings (SSSR count). The molecule has 3 aliphatic rings. The Balaban J connectivity index is 1.52. The average molecular weight is 603 g/mol. The largest absolute Gasteiger partial charge is 0.456 e. The molecule has 4 N–H and O–H groups in total. The number of anilines is 1. The van der Waals surface area contributed by atoms with Crippen LogP contribution >= 0.6 is 0 Å². The van der Waals surface area contributed by atoms with Crippen LogP contribution in [0.3, 0.4) is 0 Å².